The van der Waals surface area contributed by atoms with Gasteiger partial charge < -0.3 is 14.8 Å². The minimum atomic E-state index is -0.493. The van der Waals surface area contributed by atoms with Gasteiger partial charge in [0.1, 0.15) is 5.75 Å². The maximum absolute atomic E-state index is 10.9. The maximum Gasteiger partial charge on any atom is 0.409 e. The van der Waals surface area contributed by atoms with Gasteiger partial charge >= 0.3 is 6.09 Å². The summed E-state index contributed by atoms with van der Waals surface area (Å²) in [5.74, 6) is 0.793. The van der Waals surface area contributed by atoms with Crippen LogP contribution in [0.4, 0.5) is 4.79 Å². The number of ether oxygens (including phenoxy) is 2. The number of fused-ring (bicyclic) bond motifs is 1. The van der Waals surface area contributed by atoms with Gasteiger partial charge in [0.05, 0.1) is 6.42 Å². The van der Waals surface area contributed by atoms with Crippen LogP contribution in [0.5, 0.6) is 5.75 Å². The van der Waals surface area contributed by atoms with Crippen molar-refractivity contribution in [2.24, 2.45) is 0 Å². The highest BCUT2D eigenvalue weighted by Crippen LogP contribution is 2.28. The Balaban J connectivity index is 2.01. The van der Waals surface area contributed by atoms with Crippen LogP contribution in [-0.2, 0) is 11.2 Å². The van der Waals surface area contributed by atoms with E-state index < -0.39 is 12.4 Å². The van der Waals surface area contributed by atoms with Gasteiger partial charge in [-0.15, -0.1) is 0 Å². The second-order valence-electron chi connectivity index (χ2n) is 3.01. The fourth-order valence-electron chi connectivity index (χ4n) is 1.39. The van der Waals surface area contributed by atoms with E-state index >= 15 is 0 Å². The zero-order valence-corrected chi connectivity index (χ0v) is 7.82. The fourth-order valence-corrected chi connectivity index (χ4v) is 1.39. The topological polar surface area (TPSA) is 47.6 Å². The molecule has 0 aromatic heterocycles. The third-order valence-electron chi connectivity index (χ3n) is 2.06. The van der Waals surface area contributed by atoms with Crippen molar-refractivity contribution in [1.82, 2.24) is 5.32 Å². The van der Waals surface area contributed by atoms with Gasteiger partial charge in [-0.25, -0.2) is 4.79 Å². The van der Waals surface area contributed by atoms with Gasteiger partial charge in [0.15, 0.2) is 0 Å². The molecule has 1 aliphatic rings. The van der Waals surface area contributed by atoms with Crippen molar-refractivity contribution in [3.05, 3.63) is 29.8 Å². The number of carbonyl (C=O) groups excluding carboxylic acids is 1. The summed E-state index contributed by atoms with van der Waals surface area (Å²) in [6.45, 7) is 0. The summed E-state index contributed by atoms with van der Waals surface area (Å²) in [5.41, 5.74) is 1.07. The molecule has 4 heteroatoms. The van der Waals surface area contributed by atoms with Gasteiger partial charge in [-0.2, -0.15) is 0 Å². The molecule has 1 N–H and O–H groups in total. The van der Waals surface area contributed by atoms with Gasteiger partial charge in [-0.3, -0.25) is 0 Å². The molecule has 4 nitrogen and oxygen atoms in total. The quantitative estimate of drug-likeness (QED) is 0.731. The molecule has 2 rings (SSSR count). The van der Waals surface area contributed by atoms with E-state index in [1.165, 1.54) is 7.05 Å². The third-order valence-corrected chi connectivity index (χ3v) is 2.06. The van der Waals surface area contributed by atoms with Crippen LogP contribution in [-0.4, -0.2) is 19.4 Å². The number of hydrogen-bond donors (Lipinski definition) is 1. The van der Waals surface area contributed by atoms with Gasteiger partial charge in [0.25, 0.3) is 0 Å². The summed E-state index contributed by atoms with van der Waals surface area (Å²) in [4.78, 5) is 10.9. The molecule has 0 bridgehead atoms. The van der Waals surface area contributed by atoms with E-state index in [4.69, 9.17) is 9.47 Å². The van der Waals surface area contributed by atoms with Crippen molar-refractivity contribution in [1.29, 1.82) is 0 Å². The Morgan fingerprint density at radius 2 is 2.36 bits per heavy atom. The predicted molar refractivity (Wildman–Crippen MR) is 50.1 cm³/mol. The summed E-state index contributed by atoms with van der Waals surface area (Å²) >= 11 is 0. The van der Waals surface area contributed by atoms with E-state index in [0.29, 0.717) is 6.42 Å². The second kappa shape index (κ2) is 3.57. The van der Waals surface area contributed by atoms with Crippen molar-refractivity contribution < 1.29 is 14.3 Å². The summed E-state index contributed by atoms with van der Waals surface area (Å²) in [5, 5.41) is 2.38. The zero-order chi connectivity index (χ0) is 9.97. The van der Waals surface area contributed by atoms with Gasteiger partial charge in [0.2, 0.25) is 6.29 Å². The van der Waals surface area contributed by atoms with Crippen LogP contribution >= 0.6 is 0 Å². The number of benzene rings is 1. The Kier molecular flexibility index (Phi) is 2.26. The summed E-state index contributed by atoms with van der Waals surface area (Å²) in [7, 11) is 1.52. The highest BCUT2D eigenvalue weighted by molar-refractivity contribution is 5.66. The van der Waals surface area contributed by atoms with Crippen LogP contribution in [0.2, 0.25) is 0 Å². The Bertz CT molecular complexity index is 326. The van der Waals surface area contributed by atoms with E-state index in [1.54, 1.807) is 0 Å². The molecular weight excluding hydrogens is 182 g/mol. The number of nitrogens with one attached hydrogen (secondary N) is 1. The third kappa shape index (κ3) is 1.64. The minimum absolute atomic E-state index is 0.470. The SMILES string of the molecule is CNC(=O)OC1Cc2ccccc2O1. The molecule has 0 radical (unpaired) electrons. The number of para-hydroxylation sites is 1. The molecule has 1 aliphatic heterocycles. The highest BCUT2D eigenvalue weighted by atomic mass is 16.7. The lowest BCUT2D eigenvalue weighted by Crippen LogP contribution is -2.28. The van der Waals surface area contributed by atoms with Crippen molar-refractivity contribution in [3.63, 3.8) is 0 Å². The lowest BCUT2D eigenvalue weighted by atomic mass is 10.2. The molecule has 1 amide bonds. The van der Waals surface area contributed by atoms with Crippen LogP contribution in [0, 0.1) is 0 Å². The normalized spacial score (nSPS) is 18.2. The average molecular weight is 193 g/mol. The molecule has 1 atom stereocenters. The number of carbonyl (C=O) groups is 1. The van der Waals surface area contributed by atoms with E-state index in [1.807, 2.05) is 24.3 Å². The number of hydrogen-bond acceptors (Lipinski definition) is 3. The lowest BCUT2D eigenvalue weighted by molar-refractivity contribution is -0.0156. The molecular formula is C10H11NO3. The molecule has 0 saturated heterocycles. The molecule has 1 aromatic carbocycles. The smallest absolute Gasteiger partial charge is 0.409 e. The predicted octanol–water partition coefficient (Wildman–Crippen LogP) is 1.30. The zero-order valence-electron chi connectivity index (χ0n) is 7.82. The van der Waals surface area contributed by atoms with Crippen molar-refractivity contribution in [2.45, 2.75) is 12.7 Å². The van der Waals surface area contributed by atoms with E-state index in [-0.39, 0.29) is 0 Å². The van der Waals surface area contributed by atoms with E-state index in [9.17, 15) is 4.79 Å². The minimum Gasteiger partial charge on any atom is -0.454 e. The molecule has 0 saturated carbocycles. The summed E-state index contributed by atoms with van der Waals surface area (Å²) < 4.78 is 10.4. The first-order chi connectivity index (χ1) is 6.79. The first kappa shape index (κ1) is 8.87. The lowest BCUT2D eigenvalue weighted by Gasteiger charge is -2.10. The number of rotatable bonds is 1. The molecule has 0 fully saturated rings. The first-order valence-electron chi connectivity index (χ1n) is 4.42. The summed E-state index contributed by atoms with van der Waals surface area (Å²) in [6.07, 6.45) is -0.348. The number of alkyl carbamates (subject to hydrolysis) is 1. The van der Waals surface area contributed by atoms with Crippen LogP contribution in [0.15, 0.2) is 24.3 Å². The fraction of sp³-hybridized carbons (Fsp3) is 0.300. The first-order valence-corrected chi connectivity index (χ1v) is 4.42. The Hall–Kier alpha value is -1.71. The molecule has 0 aliphatic carbocycles. The van der Waals surface area contributed by atoms with Gasteiger partial charge in [0, 0.05) is 12.6 Å². The molecule has 0 spiro atoms. The molecule has 1 heterocycles. The second-order valence-corrected chi connectivity index (χ2v) is 3.01. The van der Waals surface area contributed by atoms with Crippen molar-refractivity contribution in [3.8, 4) is 5.75 Å². The average Bonchev–Trinajstić information content (AvgIpc) is 2.59. The van der Waals surface area contributed by atoms with Crippen LogP contribution < -0.4 is 10.1 Å². The van der Waals surface area contributed by atoms with E-state index in [2.05, 4.69) is 5.32 Å². The van der Waals surface area contributed by atoms with Crippen LogP contribution in [0.25, 0.3) is 0 Å². The van der Waals surface area contributed by atoms with Crippen molar-refractivity contribution >= 4 is 6.09 Å². The standard InChI is InChI=1S/C10H11NO3/c1-11-10(12)14-9-6-7-4-2-3-5-8(7)13-9/h2-5,9H,6H2,1H3,(H,11,12). The molecule has 1 unspecified atom stereocenters. The Labute approximate surface area is 81.8 Å². The molecule has 74 valence electrons. The van der Waals surface area contributed by atoms with Crippen molar-refractivity contribution in [2.75, 3.05) is 7.05 Å². The summed E-state index contributed by atoms with van der Waals surface area (Å²) in [6, 6.07) is 7.65. The largest absolute Gasteiger partial charge is 0.454 e. The van der Waals surface area contributed by atoms with Crippen LogP contribution in [0.3, 0.4) is 0 Å². The van der Waals surface area contributed by atoms with Gasteiger partial charge in [-0.05, 0) is 6.07 Å². The highest BCUT2D eigenvalue weighted by Gasteiger charge is 2.24. The Morgan fingerprint density at radius 1 is 1.57 bits per heavy atom. The maximum atomic E-state index is 10.9. The Morgan fingerprint density at radius 3 is 3.07 bits per heavy atom. The molecule has 1 aromatic rings. The number of amides is 1. The van der Waals surface area contributed by atoms with Gasteiger partial charge in [-0.1, -0.05) is 18.2 Å². The van der Waals surface area contributed by atoms with E-state index in [0.717, 1.165) is 11.3 Å². The van der Waals surface area contributed by atoms with Crippen LogP contribution in [0.1, 0.15) is 5.56 Å². The monoisotopic (exact) mass is 193 g/mol. The molecule has 14 heavy (non-hydrogen) atoms.